The molecule has 0 radical (unpaired) electrons. The van der Waals surface area contributed by atoms with Gasteiger partial charge in [0.05, 0.1) is 0 Å². The summed E-state index contributed by atoms with van der Waals surface area (Å²) in [5.74, 6) is 2.15. The molecule has 0 heterocycles. The van der Waals surface area contributed by atoms with Crippen molar-refractivity contribution in [2.24, 2.45) is 11.8 Å². The summed E-state index contributed by atoms with van der Waals surface area (Å²) < 4.78 is 0. The van der Waals surface area contributed by atoms with Crippen LogP contribution >= 0.6 is 11.6 Å². The zero-order valence-corrected chi connectivity index (χ0v) is 13.1. The molecule has 0 aromatic heterocycles. The number of hydrogen-bond donors (Lipinski definition) is 1. The van der Waals surface area contributed by atoms with Crippen LogP contribution in [0.25, 0.3) is 0 Å². The van der Waals surface area contributed by atoms with Crippen molar-refractivity contribution in [3.8, 4) is 0 Å². The van der Waals surface area contributed by atoms with Gasteiger partial charge in [0.15, 0.2) is 0 Å². The number of rotatable bonds is 4. The number of halogens is 1. The lowest BCUT2D eigenvalue weighted by molar-refractivity contribution is 0.238. The van der Waals surface area contributed by atoms with Crippen LogP contribution in [0.3, 0.4) is 0 Å². The molecule has 1 N–H and O–H groups in total. The van der Waals surface area contributed by atoms with Crippen LogP contribution < -0.4 is 5.32 Å². The maximum atomic E-state index is 6.41. The van der Waals surface area contributed by atoms with Crippen LogP contribution in [0.2, 0.25) is 5.02 Å². The number of nitrogens with one attached hydrogen (secondary N) is 1. The first-order valence-corrected chi connectivity index (χ1v) is 7.93. The number of hydrogen-bond acceptors (Lipinski definition) is 1. The molecule has 0 bridgehead atoms. The van der Waals surface area contributed by atoms with Gasteiger partial charge < -0.3 is 5.32 Å². The second-order valence-electron chi connectivity index (χ2n) is 6.37. The molecule has 3 atom stereocenters. The van der Waals surface area contributed by atoms with Crippen LogP contribution in [-0.4, -0.2) is 12.6 Å². The Balaban J connectivity index is 2.14. The van der Waals surface area contributed by atoms with E-state index in [-0.39, 0.29) is 0 Å². The first-order chi connectivity index (χ1) is 9.08. The van der Waals surface area contributed by atoms with Crippen molar-refractivity contribution in [3.05, 3.63) is 34.9 Å². The first kappa shape index (κ1) is 14.9. The van der Waals surface area contributed by atoms with Gasteiger partial charge in [-0.1, -0.05) is 57.0 Å². The molecule has 0 aliphatic heterocycles. The molecule has 3 unspecified atom stereocenters. The molecule has 0 saturated heterocycles. The van der Waals surface area contributed by atoms with Crippen molar-refractivity contribution in [1.29, 1.82) is 0 Å². The Kier molecular flexibility index (Phi) is 5.29. The Morgan fingerprint density at radius 1 is 1.26 bits per heavy atom. The third-order valence-corrected chi connectivity index (χ3v) is 4.69. The van der Waals surface area contributed by atoms with Gasteiger partial charge in [-0.25, -0.2) is 0 Å². The zero-order valence-electron chi connectivity index (χ0n) is 12.3. The largest absolute Gasteiger partial charge is 0.314 e. The summed E-state index contributed by atoms with van der Waals surface area (Å²) in [5, 5.41) is 4.55. The normalized spacial score (nSPS) is 27.7. The van der Waals surface area contributed by atoms with Crippen LogP contribution in [0.4, 0.5) is 0 Å². The van der Waals surface area contributed by atoms with Gasteiger partial charge in [0.2, 0.25) is 0 Å². The maximum Gasteiger partial charge on any atom is 0.0440 e. The molecular weight excluding hydrogens is 254 g/mol. The lowest BCUT2D eigenvalue weighted by atomic mass is 9.71. The summed E-state index contributed by atoms with van der Waals surface area (Å²) in [5.41, 5.74) is 1.35. The third kappa shape index (κ3) is 3.97. The maximum absolute atomic E-state index is 6.41. The van der Waals surface area contributed by atoms with Crippen molar-refractivity contribution in [3.63, 3.8) is 0 Å². The van der Waals surface area contributed by atoms with Gasteiger partial charge in [-0.3, -0.25) is 0 Å². The average Bonchev–Trinajstić information content (AvgIpc) is 2.37. The monoisotopic (exact) mass is 279 g/mol. The van der Waals surface area contributed by atoms with E-state index in [4.69, 9.17) is 11.6 Å². The molecule has 1 fully saturated rings. The highest BCUT2D eigenvalue weighted by atomic mass is 35.5. The standard InChI is InChI=1S/C17H26ClN/c1-12(2)19-11-14-9-8-13(3)10-16(14)15-6-4-5-7-17(15)18/h4-7,12-14,16,19H,8-11H2,1-3H3. The molecule has 19 heavy (non-hydrogen) atoms. The molecule has 1 aromatic rings. The molecule has 1 aromatic carbocycles. The minimum Gasteiger partial charge on any atom is -0.314 e. The summed E-state index contributed by atoms with van der Waals surface area (Å²) in [6.45, 7) is 7.92. The van der Waals surface area contributed by atoms with Crippen LogP contribution in [0.5, 0.6) is 0 Å². The van der Waals surface area contributed by atoms with E-state index in [1.165, 1.54) is 24.8 Å². The van der Waals surface area contributed by atoms with Crippen LogP contribution in [-0.2, 0) is 0 Å². The van der Waals surface area contributed by atoms with Gasteiger partial charge >= 0.3 is 0 Å². The Morgan fingerprint density at radius 3 is 2.68 bits per heavy atom. The summed E-state index contributed by atoms with van der Waals surface area (Å²) in [4.78, 5) is 0. The molecule has 1 aliphatic carbocycles. The zero-order chi connectivity index (χ0) is 13.8. The second-order valence-corrected chi connectivity index (χ2v) is 6.78. The minimum absolute atomic E-state index is 0.561. The highest BCUT2D eigenvalue weighted by Crippen LogP contribution is 2.42. The average molecular weight is 280 g/mol. The Morgan fingerprint density at radius 2 is 2.00 bits per heavy atom. The van der Waals surface area contributed by atoms with Gasteiger partial charge in [-0.05, 0) is 48.8 Å². The summed E-state index contributed by atoms with van der Waals surface area (Å²) in [6, 6.07) is 8.95. The fourth-order valence-corrected chi connectivity index (χ4v) is 3.51. The van der Waals surface area contributed by atoms with E-state index in [1.54, 1.807) is 0 Å². The van der Waals surface area contributed by atoms with E-state index in [1.807, 2.05) is 12.1 Å². The highest BCUT2D eigenvalue weighted by Gasteiger charge is 2.30. The van der Waals surface area contributed by atoms with Crippen molar-refractivity contribution >= 4 is 11.6 Å². The van der Waals surface area contributed by atoms with E-state index >= 15 is 0 Å². The van der Waals surface area contributed by atoms with E-state index in [0.717, 1.165) is 23.4 Å². The van der Waals surface area contributed by atoms with Gasteiger partial charge in [0, 0.05) is 11.1 Å². The second kappa shape index (κ2) is 6.76. The molecule has 0 amide bonds. The molecule has 2 heteroatoms. The van der Waals surface area contributed by atoms with Crippen molar-refractivity contribution in [2.45, 2.75) is 52.0 Å². The topological polar surface area (TPSA) is 12.0 Å². The van der Waals surface area contributed by atoms with E-state index in [9.17, 15) is 0 Å². The summed E-state index contributed by atoms with van der Waals surface area (Å²) >= 11 is 6.41. The van der Waals surface area contributed by atoms with E-state index in [2.05, 4.69) is 38.2 Å². The summed E-state index contributed by atoms with van der Waals surface area (Å²) in [6.07, 6.45) is 3.94. The van der Waals surface area contributed by atoms with Gasteiger partial charge in [0.25, 0.3) is 0 Å². The Bertz CT molecular complexity index is 402. The molecule has 2 rings (SSSR count). The van der Waals surface area contributed by atoms with Crippen molar-refractivity contribution in [1.82, 2.24) is 5.32 Å². The smallest absolute Gasteiger partial charge is 0.0440 e. The molecular formula is C17H26ClN. The fourth-order valence-electron chi connectivity index (χ4n) is 3.23. The molecule has 0 spiro atoms. The van der Waals surface area contributed by atoms with E-state index < -0.39 is 0 Å². The van der Waals surface area contributed by atoms with Crippen LogP contribution in [0.15, 0.2) is 24.3 Å². The highest BCUT2D eigenvalue weighted by molar-refractivity contribution is 6.31. The predicted molar refractivity (Wildman–Crippen MR) is 83.8 cm³/mol. The van der Waals surface area contributed by atoms with Crippen molar-refractivity contribution in [2.75, 3.05) is 6.54 Å². The Hall–Kier alpha value is -0.530. The van der Waals surface area contributed by atoms with Crippen LogP contribution in [0.1, 0.15) is 51.5 Å². The molecule has 106 valence electrons. The fraction of sp³-hybridized carbons (Fsp3) is 0.647. The van der Waals surface area contributed by atoms with Crippen LogP contribution in [0, 0.1) is 11.8 Å². The first-order valence-electron chi connectivity index (χ1n) is 7.55. The quantitative estimate of drug-likeness (QED) is 0.830. The molecule has 1 nitrogen and oxygen atoms in total. The minimum atomic E-state index is 0.561. The third-order valence-electron chi connectivity index (χ3n) is 4.35. The predicted octanol–water partition coefficient (Wildman–Crippen LogP) is 4.86. The lowest BCUT2D eigenvalue weighted by Gasteiger charge is -2.36. The lowest BCUT2D eigenvalue weighted by Crippen LogP contribution is -2.34. The van der Waals surface area contributed by atoms with E-state index in [0.29, 0.717) is 12.0 Å². The van der Waals surface area contributed by atoms with Gasteiger partial charge in [-0.15, -0.1) is 0 Å². The Labute approximate surface area is 122 Å². The van der Waals surface area contributed by atoms with Gasteiger partial charge in [-0.2, -0.15) is 0 Å². The number of benzene rings is 1. The molecule has 1 saturated carbocycles. The van der Waals surface area contributed by atoms with Crippen molar-refractivity contribution < 1.29 is 0 Å². The summed E-state index contributed by atoms with van der Waals surface area (Å²) in [7, 11) is 0. The SMILES string of the molecule is CC1CCC(CNC(C)C)C(c2ccccc2Cl)C1. The van der Waals surface area contributed by atoms with Gasteiger partial charge in [0.1, 0.15) is 0 Å². The molecule has 1 aliphatic rings.